The Labute approximate surface area is 65.3 Å². The van der Waals surface area contributed by atoms with Gasteiger partial charge in [0.25, 0.3) is 0 Å². The molecule has 3 nitrogen and oxygen atoms in total. The fourth-order valence-electron chi connectivity index (χ4n) is 0. The van der Waals surface area contributed by atoms with Gasteiger partial charge in [-0.1, -0.05) is 6.08 Å². The summed E-state index contributed by atoms with van der Waals surface area (Å²) in [4.78, 5) is 9.00. The first-order chi connectivity index (χ1) is 4.00. The molecule has 0 aliphatic carbocycles. The molecule has 0 aromatic heterocycles. The molecule has 0 unspecified atom stereocenters. The average Bonchev–Trinajstić information content (AvgIpc) is 1.65. The lowest BCUT2D eigenvalue weighted by Gasteiger charge is -1.71. The third-order valence-corrected chi connectivity index (χ3v) is 0.775. The van der Waals surface area contributed by atoms with Gasteiger partial charge in [0.1, 0.15) is 0 Å². The van der Waals surface area contributed by atoms with E-state index in [1.165, 1.54) is 0 Å². The minimum Gasteiger partial charge on any atom is -0.352 e. The van der Waals surface area contributed by atoms with E-state index in [2.05, 4.69) is 36.7 Å². The number of hydrogen-bond acceptors (Lipinski definition) is 3. The molecule has 5 heteroatoms. The number of thiol groups is 2. The van der Waals surface area contributed by atoms with E-state index in [0.717, 1.165) is 4.24 Å². The number of allylic oxidation sites excluding steroid dienone is 1. The molecular weight excluding hydrogens is 156 g/mol. The van der Waals surface area contributed by atoms with Gasteiger partial charge in [-0.25, -0.2) is 4.79 Å². The highest BCUT2D eigenvalue weighted by atomic mass is 32.2. The summed E-state index contributed by atoms with van der Waals surface area (Å²) in [6.45, 7) is 1.88. The monoisotopic (exact) mass is 166 g/mol. The van der Waals surface area contributed by atoms with Gasteiger partial charge < -0.3 is 11.5 Å². The Bertz CT molecular complexity index is 105. The van der Waals surface area contributed by atoms with E-state index in [1.807, 2.05) is 13.0 Å². The number of primary amides is 2. The Morgan fingerprint density at radius 3 is 1.56 bits per heavy atom. The number of urea groups is 1. The standard InChI is InChI=1S/C3H6S2.CH4N2O/c1-2-3(4)5;2-1(3)4/h2,4-5H,1H3;(H4,2,3,4). The van der Waals surface area contributed by atoms with Crippen molar-refractivity contribution in [2.45, 2.75) is 6.92 Å². The van der Waals surface area contributed by atoms with Crippen LogP contribution in [0, 0.1) is 0 Å². The van der Waals surface area contributed by atoms with Crippen LogP contribution in [0.2, 0.25) is 0 Å². The summed E-state index contributed by atoms with van der Waals surface area (Å²) in [6, 6.07) is -0.833. The third kappa shape index (κ3) is 86.0. The smallest absolute Gasteiger partial charge is 0.309 e. The highest BCUT2D eigenvalue weighted by Gasteiger charge is 1.63. The van der Waals surface area contributed by atoms with Gasteiger partial charge in [-0.2, -0.15) is 0 Å². The molecule has 0 saturated heterocycles. The van der Waals surface area contributed by atoms with Crippen LogP contribution in [0.25, 0.3) is 0 Å². The molecule has 4 N–H and O–H groups in total. The maximum atomic E-state index is 9.00. The summed E-state index contributed by atoms with van der Waals surface area (Å²) >= 11 is 7.65. The van der Waals surface area contributed by atoms with Gasteiger partial charge in [0, 0.05) is 4.24 Å². The van der Waals surface area contributed by atoms with Crippen LogP contribution in [0.3, 0.4) is 0 Å². The van der Waals surface area contributed by atoms with Crippen molar-refractivity contribution in [2.24, 2.45) is 11.5 Å². The van der Waals surface area contributed by atoms with Crippen molar-refractivity contribution in [3.05, 3.63) is 10.3 Å². The molecule has 0 bridgehead atoms. The van der Waals surface area contributed by atoms with Crippen LogP contribution in [0.5, 0.6) is 0 Å². The minimum absolute atomic E-state index is 0.769. The SMILES string of the molecule is CC=C(S)S.NC(N)=O. The number of nitrogens with two attached hydrogens (primary N) is 2. The quantitative estimate of drug-likeness (QED) is 0.394. The average molecular weight is 166 g/mol. The van der Waals surface area contributed by atoms with E-state index < -0.39 is 6.03 Å². The molecule has 0 heterocycles. The molecule has 54 valence electrons. The highest BCUT2D eigenvalue weighted by Crippen LogP contribution is 2.01. The lowest BCUT2D eigenvalue weighted by Crippen LogP contribution is -2.18. The van der Waals surface area contributed by atoms with E-state index >= 15 is 0 Å². The van der Waals surface area contributed by atoms with Gasteiger partial charge in [0.05, 0.1) is 0 Å². The van der Waals surface area contributed by atoms with Crippen molar-refractivity contribution in [2.75, 3.05) is 0 Å². The van der Waals surface area contributed by atoms with Crippen LogP contribution >= 0.6 is 25.3 Å². The topological polar surface area (TPSA) is 69.1 Å². The molecule has 0 spiro atoms. The number of rotatable bonds is 0. The molecule has 0 saturated carbocycles. The number of carbonyl (C=O) groups is 1. The van der Waals surface area contributed by atoms with Crippen LogP contribution in [0.15, 0.2) is 10.3 Å². The number of hydrogen-bond donors (Lipinski definition) is 4. The zero-order valence-electron chi connectivity index (χ0n) is 5.03. The second-order valence-corrected chi connectivity index (χ2v) is 2.37. The second kappa shape index (κ2) is 7.71. The predicted molar refractivity (Wildman–Crippen MR) is 45.5 cm³/mol. The maximum Gasteiger partial charge on any atom is 0.309 e. The molecule has 9 heavy (non-hydrogen) atoms. The molecular formula is C4H10N2OS2. The lowest BCUT2D eigenvalue weighted by molar-refractivity contribution is 0.256. The second-order valence-electron chi connectivity index (χ2n) is 1.05. The van der Waals surface area contributed by atoms with Crippen molar-refractivity contribution in [3.8, 4) is 0 Å². The summed E-state index contributed by atoms with van der Waals surface area (Å²) in [5.74, 6) is 0. The van der Waals surface area contributed by atoms with Crippen molar-refractivity contribution < 1.29 is 4.79 Å². The van der Waals surface area contributed by atoms with Crippen LogP contribution < -0.4 is 11.5 Å². The molecule has 0 aliphatic heterocycles. The highest BCUT2D eigenvalue weighted by molar-refractivity contribution is 8.04. The zero-order valence-corrected chi connectivity index (χ0v) is 6.82. The molecule has 0 aliphatic rings. The van der Waals surface area contributed by atoms with Crippen LogP contribution in [0.4, 0.5) is 4.79 Å². The molecule has 2 amide bonds. The minimum atomic E-state index is -0.833. The zero-order chi connectivity index (χ0) is 7.86. The summed E-state index contributed by atoms with van der Waals surface area (Å²) in [7, 11) is 0. The van der Waals surface area contributed by atoms with E-state index in [0.29, 0.717) is 0 Å². The molecule has 0 fully saturated rings. The van der Waals surface area contributed by atoms with E-state index in [1.54, 1.807) is 0 Å². The lowest BCUT2D eigenvalue weighted by atomic mass is 10.8. The summed E-state index contributed by atoms with van der Waals surface area (Å²) in [5, 5.41) is 0. The summed E-state index contributed by atoms with van der Waals surface area (Å²) in [6.07, 6.45) is 1.81. The molecule has 0 rings (SSSR count). The first-order valence-electron chi connectivity index (χ1n) is 2.09. The van der Waals surface area contributed by atoms with Gasteiger partial charge in [0.2, 0.25) is 0 Å². The summed E-state index contributed by atoms with van der Waals surface area (Å²) in [5.41, 5.74) is 8.50. The van der Waals surface area contributed by atoms with Gasteiger partial charge >= 0.3 is 6.03 Å². The molecule has 0 aromatic carbocycles. The largest absolute Gasteiger partial charge is 0.352 e. The van der Waals surface area contributed by atoms with Crippen molar-refractivity contribution in [1.29, 1.82) is 0 Å². The fourth-order valence-corrected chi connectivity index (χ4v) is 0. The predicted octanol–water partition coefficient (Wildman–Crippen LogP) is 0.731. The van der Waals surface area contributed by atoms with Crippen LogP contribution in [-0.4, -0.2) is 6.03 Å². The van der Waals surface area contributed by atoms with E-state index in [-0.39, 0.29) is 0 Å². The van der Waals surface area contributed by atoms with Gasteiger partial charge in [-0.15, -0.1) is 25.3 Å². The van der Waals surface area contributed by atoms with E-state index in [9.17, 15) is 0 Å². The van der Waals surface area contributed by atoms with Crippen molar-refractivity contribution in [3.63, 3.8) is 0 Å². The maximum absolute atomic E-state index is 9.00. The Balaban J connectivity index is 0. The first-order valence-corrected chi connectivity index (χ1v) is 2.99. The van der Waals surface area contributed by atoms with Gasteiger partial charge in [-0.3, -0.25) is 0 Å². The van der Waals surface area contributed by atoms with Crippen LogP contribution in [0.1, 0.15) is 6.92 Å². The van der Waals surface area contributed by atoms with Gasteiger partial charge in [-0.05, 0) is 6.92 Å². The Hall–Kier alpha value is -0.290. The van der Waals surface area contributed by atoms with Gasteiger partial charge in [0.15, 0.2) is 0 Å². The van der Waals surface area contributed by atoms with E-state index in [4.69, 9.17) is 4.79 Å². The Morgan fingerprint density at radius 2 is 1.56 bits per heavy atom. The molecule has 0 aromatic rings. The molecule has 0 radical (unpaired) electrons. The number of amides is 2. The Kier molecular flexibility index (Phi) is 9.85. The fraction of sp³-hybridized carbons (Fsp3) is 0.250. The Morgan fingerprint density at radius 1 is 1.44 bits per heavy atom. The number of carbonyl (C=O) groups excluding carboxylic acids is 1. The molecule has 0 atom stereocenters. The first kappa shape index (κ1) is 11.5. The van der Waals surface area contributed by atoms with Crippen molar-refractivity contribution >= 4 is 31.3 Å². The van der Waals surface area contributed by atoms with Crippen molar-refractivity contribution in [1.82, 2.24) is 0 Å². The van der Waals surface area contributed by atoms with Crippen LogP contribution in [-0.2, 0) is 0 Å². The summed E-state index contributed by atoms with van der Waals surface area (Å²) < 4.78 is 0.769. The normalized spacial score (nSPS) is 6.56. The third-order valence-electron chi connectivity index (χ3n) is 0.258.